The predicted octanol–water partition coefficient (Wildman–Crippen LogP) is 2.11. The van der Waals surface area contributed by atoms with E-state index in [2.05, 4.69) is 15.6 Å². The summed E-state index contributed by atoms with van der Waals surface area (Å²) in [7, 11) is 0. The van der Waals surface area contributed by atoms with Gasteiger partial charge in [0.15, 0.2) is 6.39 Å². The molecule has 6 heteroatoms. The number of amides is 2. The number of aromatic nitrogens is 1. The average molecular weight is 295 g/mol. The Labute approximate surface area is 125 Å². The number of aliphatic hydroxyl groups excluding tert-OH is 1. The molecule has 6 nitrogen and oxygen atoms in total. The summed E-state index contributed by atoms with van der Waals surface area (Å²) in [5.74, 6) is 1.13. The van der Waals surface area contributed by atoms with Gasteiger partial charge in [-0.3, -0.25) is 0 Å². The Balaban J connectivity index is 1.56. The highest BCUT2D eigenvalue weighted by Gasteiger charge is 2.22. The Morgan fingerprint density at radius 2 is 2.24 bits per heavy atom. The molecule has 2 atom stereocenters. The predicted molar refractivity (Wildman–Crippen MR) is 78.7 cm³/mol. The molecule has 1 saturated carbocycles. The molecule has 21 heavy (non-hydrogen) atoms. The van der Waals surface area contributed by atoms with Crippen LogP contribution in [0.2, 0.25) is 0 Å². The highest BCUT2D eigenvalue weighted by Crippen LogP contribution is 2.27. The normalized spacial score (nSPS) is 22.0. The van der Waals surface area contributed by atoms with Crippen LogP contribution in [0.4, 0.5) is 4.79 Å². The molecule has 0 aromatic carbocycles. The molecule has 0 saturated heterocycles. The third kappa shape index (κ3) is 5.04. The van der Waals surface area contributed by atoms with Gasteiger partial charge in [-0.05, 0) is 38.5 Å². The lowest BCUT2D eigenvalue weighted by atomic mass is 9.83. The Morgan fingerprint density at radius 1 is 1.43 bits per heavy atom. The SMILES string of the molecule is Cc1ocnc1CNC(=O)NCCCC1CCCCC1O. The number of nitrogens with one attached hydrogen (secondary N) is 2. The van der Waals surface area contributed by atoms with E-state index in [1.54, 1.807) is 0 Å². The third-order valence-electron chi connectivity index (χ3n) is 4.17. The van der Waals surface area contributed by atoms with Crippen LogP contribution >= 0.6 is 0 Å². The van der Waals surface area contributed by atoms with Crippen LogP contribution < -0.4 is 10.6 Å². The van der Waals surface area contributed by atoms with Crippen molar-refractivity contribution in [1.29, 1.82) is 0 Å². The van der Waals surface area contributed by atoms with Crippen molar-refractivity contribution in [3.05, 3.63) is 17.8 Å². The van der Waals surface area contributed by atoms with Gasteiger partial charge in [0.2, 0.25) is 0 Å². The molecule has 0 spiro atoms. The fourth-order valence-electron chi connectivity index (χ4n) is 2.82. The van der Waals surface area contributed by atoms with E-state index in [-0.39, 0.29) is 12.1 Å². The molecule has 1 aromatic rings. The molecule has 1 aliphatic carbocycles. The van der Waals surface area contributed by atoms with E-state index in [0.717, 1.165) is 43.6 Å². The maximum atomic E-state index is 11.6. The highest BCUT2D eigenvalue weighted by atomic mass is 16.3. The van der Waals surface area contributed by atoms with Crippen molar-refractivity contribution in [2.24, 2.45) is 5.92 Å². The van der Waals surface area contributed by atoms with Crippen molar-refractivity contribution in [2.75, 3.05) is 6.54 Å². The van der Waals surface area contributed by atoms with Crippen molar-refractivity contribution in [3.63, 3.8) is 0 Å². The Hall–Kier alpha value is -1.56. The monoisotopic (exact) mass is 295 g/mol. The maximum Gasteiger partial charge on any atom is 0.315 e. The van der Waals surface area contributed by atoms with Crippen molar-refractivity contribution < 1.29 is 14.3 Å². The van der Waals surface area contributed by atoms with Crippen LogP contribution in [-0.2, 0) is 6.54 Å². The minimum atomic E-state index is -0.193. The van der Waals surface area contributed by atoms with Crippen LogP contribution in [0, 0.1) is 12.8 Å². The van der Waals surface area contributed by atoms with Crippen LogP contribution in [0.15, 0.2) is 10.8 Å². The zero-order valence-corrected chi connectivity index (χ0v) is 12.6. The molecular weight excluding hydrogens is 270 g/mol. The average Bonchev–Trinajstić information content (AvgIpc) is 2.88. The number of urea groups is 1. The van der Waals surface area contributed by atoms with Gasteiger partial charge in [-0.25, -0.2) is 9.78 Å². The van der Waals surface area contributed by atoms with Gasteiger partial charge in [-0.15, -0.1) is 0 Å². The standard InChI is InChI=1S/C15H25N3O3/c1-11-13(18-10-21-11)9-17-15(20)16-8-4-6-12-5-2-3-7-14(12)19/h10,12,14,19H,2-9H2,1H3,(H2,16,17,20). The quantitative estimate of drug-likeness (QED) is 0.701. The number of hydrogen-bond acceptors (Lipinski definition) is 4. The number of hydrogen-bond donors (Lipinski definition) is 3. The minimum absolute atomic E-state index is 0.150. The lowest BCUT2D eigenvalue weighted by Gasteiger charge is -2.27. The van der Waals surface area contributed by atoms with Gasteiger partial charge >= 0.3 is 6.03 Å². The van der Waals surface area contributed by atoms with Crippen LogP contribution in [0.5, 0.6) is 0 Å². The molecule has 0 bridgehead atoms. The van der Waals surface area contributed by atoms with E-state index in [9.17, 15) is 9.90 Å². The van der Waals surface area contributed by atoms with Crippen molar-refractivity contribution in [1.82, 2.24) is 15.6 Å². The van der Waals surface area contributed by atoms with Gasteiger partial charge in [0.1, 0.15) is 11.5 Å². The highest BCUT2D eigenvalue weighted by molar-refractivity contribution is 5.73. The van der Waals surface area contributed by atoms with Gasteiger partial charge in [-0.2, -0.15) is 0 Å². The summed E-state index contributed by atoms with van der Waals surface area (Å²) in [6, 6.07) is -0.193. The summed E-state index contributed by atoms with van der Waals surface area (Å²) in [4.78, 5) is 15.7. The van der Waals surface area contributed by atoms with Crippen molar-refractivity contribution >= 4 is 6.03 Å². The first-order valence-corrected chi connectivity index (χ1v) is 7.75. The Morgan fingerprint density at radius 3 is 2.95 bits per heavy atom. The summed E-state index contributed by atoms with van der Waals surface area (Å²) in [6.45, 7) is 2.82. The smallest absolute Gasteiger partial charge is 0.315 e. The first kappa shape index (κ1) is 15.8. The van der Waals surface area contributed by atoms with E-state index < -0.39 is 0 Å². The van der Waals surface area contributed by atoms with Gasteiger partial charge in [0, 0.05) is 6.54 Å². The fraction of sp³-hybridized carbons (Fsp3) is 0.733. The van der Waals surface area contributed by atoms with E-state index in [4.69, 9.17) is 4.42 Å². The van der Waals surface area contributed by atoms with Crippen LogP contribution in [0.3, 0.4) is 0 Å². The Kier molecular flexibility index (Phi) is 6.04. The Bertz CT molecular complexity index is 447. The van der Waals surface area contributed by atoms with E-state index >= 15 is 0 Å². The van der Waals surface area contributed by atoms with Crippen molar-refractivity contribution in [2.45, 2.75) is 58.1 Å². The zero-order chi connectivity index (χ0) is 15.1. The second-order valence-corrected chi connectivity index (χ2v) is 5.72. The first-order chi connectivity index (χ1) is 10.2. The number of carbonyl (C=O) groups is 1. The van der Waals surface area contributed by atoms with Gasteiger partial charge < -0.3 is 20.2 Å². The third-order valence-corrected chi connectivity index (χ3v) is 4.17. The number of rotatable bonds is 6. The zero-order valence-electron chi connectivity index (χ0n) is 12.6. The van der Waals surface area contributed by atoms with E-state index in [1.165, 1.54) is 12.8 Å². The summed E-state index contributed by atoms with van der Waals surface area (Å²) >= 11 is 0. The molecule has 1 heterocycles. The molecule has 1 fully saturated rings. The van der Waals surface area contributed by atoms with Crippen molar-refractivity contribution in [3.8, 4) is 0 Å². The van der Waals surface area contributed by atoms with Gasteiger partial charge in [-0.1, -0.05) is 12.8 Å². The summed E-state index contributed by atoms with van der Waals surface area (Å²) < 4.78 is 5.07. The van der Waals surface area contributed by atoms with Crippen LogP contribution in [0.25, 0.3) is 0 Å². The molecule has 1 aromatic heterocycles. The molecule has 2 unspecified atom stereocenters. The number of carbonyl (C=O) groups excluding carboxylic acids is 1. The maximum absolute atomic E-state index is 11.6. The molecule has 2 rings (SSSR count). The molecular formula is C15H25N3O3. The number of aliphatic hydroxyl groups is 1. The summed E-state index contributed by atoms with van der Waals surface area (Å²) in [5, 5.41) is 15.5. The second-order valence-electron chi connectivity index (χ2n) is 5.72. The topological polar surface area (TPSA) is 87.4 Å². The molecule has 0 aliphatic heterocycles. The second kappa shape index (κ2) is 8.02. The summed E-state index contributed by atoms with van der Waals surface area (Å²) in [6.07, 6.45) is 7.49. The molecule has 0 radical (unpaired) electrons. The fourth-order valence-corrected chi connectivity index (χ4v) is 2.82. The van der Waals surface area contributed by atoms with E-state index in [0.29, 0.717) is 19.0 Å². The largest absolute Gasteiger partial charge is 0.448 e. The molecule has 3 N–H and O–H groups in total. The number of aryl methyl sites for hydroxylation is 1. The lowest BCUT2D eigenvalue weighted by Crippen LogP contribution is -2.36. The molecule has 1 aliphatic rings. The molecule has 118 valence electrons. The molecule has 2 amide bonds. The summed E-state index contributed by atoms with van der Waals surface area (Å²) in [5.41, 5.74) is 0.746. The lowest BCUT2D eigenvalue weighted by molar-refractivity contribution is 0.0644. The first-order valence-electron chi connectivity index (χ1n) is 7.75. The van der Waals surface area contributed by atoms with Crippen LogP contribution in [0.1, 0.15) is 50.0 Å². The van der Waals surface area contributed by atoms with Gasteiger partial charge in [0.05, 0.1) is 12.6 Å². The number of nitrogens with zero attached hydrogens (tertiary/aromatic N) is 1. The van der Waals surface area contributed by atoms with E-state index in [1.807, 2.05) is 6.92 Å². The number of oxazole rings is 1. The van der Waals surface area contributed by atoms with Crippen LogP contribution in [-0.4, -0.2) is 28.8 Å². The van der Waals surface area contributed by atoms with Gasteiger partial charge in [0.25, 0.3) is 0 Å². The minimum Gasteiger partial charge on any atom is -0.448 e.